The lowest BCUT2D eigenvalue weighted by atomic mass is 10.2. The third-order valence-electron chi connectivity index (χ3n) is 4.80. The van der Waals surface area contributed by atoms with Crippen molar-refractivity contribution < 1.29 is 4.79 Å². The predicted molar refractivity (Wildman–Crippen MR) is 124 cm³/mol. The zero-order valence-corrected chi connectivity index (χ0v) is 19.6. The summed E-state index contributed by atoms with van der Waals surface area (Å²) in [6.07, 6.45) is 1.02. The molecule has 1 amide bonds. The van der Waals surface area contributed by atoms with Crippen molar-refractivity contribution in [3.8, 4) is 0 Å². The van der Waals surface area contributed by atoms with Crippen molar-refractivity contribution in [2.75, 3.05) is 51.7 Å². The highest BCUT2D eigenvalue weighted by Crippen LogP contribution is 2.18. The van der Waals surface area contributed by atoms with E-state index in [9.17, 15) is 4.79 Å². The van der Waals surface area contributed by atoms with Gasteiger partial charge >= 0.3 is 0 Å². The van der Waals surface area contributed by atoms with E-state index in [2.05, 4.69) is 65.1 Å². The fraction of sp³-hybridized carbons (Fsp3) is 0.600. The molecule has 1 heterocycles. The molecule has 0 spiro atoms. The largest absolute Gasteiger partial charge is 0.368 e. The minimum atomic E-state index is 0. The molecule has 1 N–H and O–H groups in total. The minimum absolute atomic E-state index is 0. The van der Waals surface area contributed by atoms with Gasteiger partial charge in [-0.3, -0.25) is 4.79 Å². The number of carbonyl (C=O) groups excluding carboxylic acids is 1. The van der Waals surface area contributed by atoms with Crippen molar-refractivity contribution in [2.24, 2.45) is 4.99 Å². The zero-order valence-electron chi connectivity index (χ0n) is 17.2. The van der Waals surface area contributed by atoms with Gasteiger partial charge in [-0.2, -0.15) is 0 Å². The van der Waals surface area contributed by atoms with E-state index in [0.29, 0.717) is 6.04 Å². The fourth-order valence-corrected chi connectivity index (χ4v) is 2.84. The van der Waals surface area contributed by atoms with Gasteiger partial charge in [-0.05, 0) is 38.0 Å². The van der Waals surface area contributed by atoms with Gasteiger partial charge < -0.3 is 20.0 Å². The van der Waals surface area contributed by atoms with Crippen molar-refractivity contribution in [1.82, 2.24) is 15.1 Å². The van der Waals surface area contributed by atoms with Crippen LogP contribution in [0.15, 0.2) is 29.3 Å². The molecule has 6 nitrogen and oxygen atoms in total. The van der Waals surface area contributed by atoms with E-state index in [1.807, 2.05) is 0 Å². The van der Waals surface area contributed by atoms with Crippen LogP contribution in [0.2, 0.25) is 0 Å². The molecule has 1 aliphatic rings. The number of hydrogen-bond acceptors (Lipinski definition) is 3. The predicted octanol–water partition coefficient (Wildman–Crippen LogP) is 2.57. The molecule has 7 heteroatoms. The van der Waals surface area contributed by atoms with Crippen molar-refractivity contribution in [3.63, 3.8) is 0 Å². The molecule has 1 aliphatic heterocycles. The number of carbonyl (C=O) groups is 1. The molecule has 0 saturated carbocycles. The molecule has 0 radical (unpaired) electrons. The second-order valence-corrected chi connectivity index (χ2v) is 7.19. The van der Waals surface area contributed by atoms with Crippen LogP contribution in [-0.2, 0) is 4.79 Å². The van der Waals surface area contributed by atoms with Crippen LogP contribution < -0.4 is 10.2 Å². The number of nitrogens with one attached hydrogen (secondary N) is 1. The molecule has 152 valence electrons. The maximum absolute atomic E-state index is 11.9. The summed E-state index contributed by atoms with van der Waals surface area (Å²) >= 11 is 0. The summed E-state index contributed by atoms with van der Waals surface area (Å²) in [6.45, 7) is 10.3. The second-order valence-electron chi connectivity index (χ2n) is 7.19. The molecule has 1 aromatic rings. The molecule has 1 fully saturated rings. The molecule has 1 unspecified atom stereocenters. The highest BCUT2D eigenvalue weighted by atomic mass is 127. The molecule has 0 aliphatic carbocycles. The average Bonchev–Trinajstić information content (AvgIpc) is 2.64. The van der Waals surface area contributed by atoms with Gasteiger partial charge in [0.25, 0.3) is 0 Å². The SMILES string of the molecule is CCC(C)NC(=NCC(=O)N(C)C)N1CCN(c2cccc(C)c2)CC1.I. The Morgan fingerprint density at radius 1 is 1.26 bits per heavy atom. The third kappa shape index (κ3) is 7.20. The Balaban J connectivity index is 0.00000364. The van der Waals surface area contributed by atoms with Crippen molar-refractivity contribution in [1.29, 1.82) is 0 Å². The first kappa shape index (κ1) is 23.5. The van der Waals surface area contributed by atoms with Crippen LogP contribution in [0.5, 0.6) is 0 Å². The number of likely N-dealkylation sites (N-methyl/N-ethyl adjacent to an activating group) is 1. The number of piperazine rings is 1. The van der Waals surface area contributed by atoms with Crippen molar-refractivity contribution >= 4 is 41.5 Å². The normalized spacial score (nSPS) is 15.8. The number of benzene rings is 1. The van der Waals surface area contributed by atoms with E-state index in [1.54, 1.807) is 19.0 Å². The lowest BCUT2D eigenvalue weighted by Crippen LogP contribution is -2.54. The summed E-state index contributed by atoms with van der Waals surface area (Å²) in [5.74, 6) is 0.866. The summed E-state index contributed by atoms with van der Waals surface area (Å²) in [7, 11) is 3.53. The van der Waals surface area contributed by atoms with Gasteiger partial charge in [-0.15, -0.1) is 24.0 Å². The maximum atomic E-state index is 11.9. The van der Waals surface area contributed by atoms with Gasteiger partial charge in [0.1, 0.15) is 6.54 Å². The van der Waals surface area contributed by atoms with Gasteiger partial charge in [0, 0.05) is 52.0 Å². The highest BCUT2D eigenvalue weighted by Gasteiger charge is 2.21. The van der Waals surface area contributed by atoms with Crippen LogP contribution in [0.25, 0.3) is 0 Å². The zero-order chi connectivity index (χ0) is 19.1. The maximum Gasteiger partial charge on any atom is 0.243 e. The van der Waals surface area contributed by atoms with E-state index in [-0.39, 0.29) is 36.4 Å². The first-order valence-corrected chi connectivity index (χ1v) is 9.48. The topological polar surface area (TPSA) is 51.2 Å². The Morgan fingerprint density at radius 3 is 2.48 bits per heavy atom. The molecule has 1 aromatic carbocycles. The third-order valence-corrected chi connectivity index (χ3v) is 4.80. The van der Waals surface area contributed by atoms with Crippen LogP contribution in [0.3, 0.4) is 0 Å². The summed E-state index contributed by atoms with van der Waals surface area (Å²) in [5.41, 5.74) is 2.56. The summed E-state index contributed by atoms with van der Waals surface area (Å²) in [4.78, 5) is 22.8. The summed E-state index contributed by atoms with van der Waals surface area (Å²) in [5, 5.41) is 3.48. The highest BCUT2D eigenvalue weighted by molar-refractivity contribution is 14.0. The van der Waals surface area contributed by atoms with Crippen molar-refractivity contribution in [3.05, 3.63) is 29.8 Å². The molecular formula is C20H34IN5O. The Hall–Kier alpha value is -1.51. The summed E-state index contributed by atoms with van der Waals surface area (Å²) < 4.78 is 0. The van der Waals surface area contributed by atoms with Crippen LogP contribution in [0.1, 0.15) is 25.8 Å². The number of amides is 1. The van der Waals surface area contributed by atoms with Crippen LogP contribution in [-0.4, -0.2) is 74.5 Å². The van der Waals surface area contributed by atoms with Gasteiger partial charge in [0.2, 0.25) is 5.91 Å². The van der Waals surface area contributed by atoms with Gasteiger partial charge in [-0.25, -0.2) is 4.99 Å². The molecule has 27 heavy (non-hydrogen) atoms. The first-order chi connectivity index (χ1) is 12.4. The molecule has 0 aromatic heterocycles. The number of rotatable bonds is 5. The molecular weight excluding hydrogens is 453 g/mol. The lowest BCUT2D eigenvalue weighted by molar-refractivity contribution is -0.127. The Bertz CT molecular complexity index is 627. The van der Waals surface area contributed by atoms with Crippen LogP contribution in [0, 0.1) is 6.92 Å². The Morgan fingerprint density at radius 2 is 1.93 bits per heavy atom. The number of aliphatic imine (C=N–C) groups is 1. The van der Waals surface area contributed by atoms with Crippen LogP contribution in [0.4, 0.5) is 5.69 Å². The van der Waals surface area contributed by atoms with Crippen molar-refractivity contribution in [2.45, 2.75) is 33.2 Å². The monoisotopic (exact) mass is 487 g/mol. The van der Waals surface area contributed by atoms with E-state index in [0.717, 1.165) is 38.6 Å². The van der Waals surface area contributed by atoms with Gasteiger partial charge in [0.05, 0.1) is 0 Å². The average molecular weight is 487 g/mol. The number of halogens is 1. The van der Waals surface area contributed by atoms with E-state index in [4.69, 9.17) is 0 Å². The first-order valence-electron chi connectivity index (χ1n) is 9.48. The van der Waals surface area contributed by atoms with E-state index in [1.165, 1.54) is 11.3 Å². The standard InChI is InChI=1S/C20H33N5O.HI/c1-6-17(3)22-20(21-15-19(26)23(4)5)25-12-10-24(11-13-25)18-9-7-8-16(2)14-18;/h7-9,14,17H,6,10-13,15H2,1-5H3,(H,21,22);1H. The summed E-state index contributed by atoms with van der Waals surface area (Å²) in [6, 6.07) is 8.98. The molecule has 1 atom stereocenters. The molecule has 0 bridgehead atoms. The second kappa shape index (κ2) is 11.4. The quantitative estimate of drug-likeness (QED) is 0.394. The number of aryl methyl sites for hydroxylation is 1. The molecule has 2 rings (SSSR count). The van der Waals surface area contributed by atoms with Gasteiger partial charge in [0.15, 0.2) is 5.96 Å². The number of anilines is 1. The smallest absolute Gasteiger partial charge is 0.243 e. The lowest BCUT2D eigenvalue weighted by Gasteiger charge is -2.38. The fourth-order valence-electron chi connectivity index (χ4n) is 2.84. The van der Waals surface area contributed by atoms with Gasteiger partial charge in [-0.1, -0.05) is 19.1 Å². The minimum Gasteiger partial charge on any atom is -0.368 e. The molecule has 1 saturated heterocycles. The van der Waals surface area contributed by atoms with E-state index >= 15 is 0 Å². The Labute approximate surface area is 181 Å². The number of hydrogen-bond donors (Lipinski definition) is 1. The number of nitrogens with zero attached hydrogens (tertiary/aromatic N) is 4. The van der Waals surface area contributed by atoms with Crippen LogP contribution >= 0.6 is 24.0 Å². The van der Waals surface area contributed by atoms with E-state index < -0.39 is 0 Å². The Kier molecular flexibility index (Phi) is 9.90. The number of guanidine groups is 1.